The van der Waals surface area contributed by atoms with Gasteiger partial charge in [-0.05, 0) is 44.0 Å². The molecule has 3 aromatic heterocycles. The summed E-state index contributed by atoms with van der Waals surface area (Å²) in [6, 6.07) is 10.5. The summed E-state index contributed by atoms with van der Waals surface area (Å²) in [7, 11) is 0. The van der Waals surface area contributed by atoms with E-state index in [9.17, 15) is 0 Å². The van der Waals surface area contributed by atoms with E-state index in [0.717, 1.165) is 54.5 Å². The number of nitrogens with one attached hydrogen (secondary N) is 1. The van der Waals surface area contributed by atoms with Gasteiger partial charge in [0.05, 0.1) is 5.69 Å². The molecule has 1 fully saturated rings. The van der Waals surface area contributed by atoms with Crippen LogP contribution in [0, 0.1) is 6.92 Å². The highest BCUT2D eigenvalue weighted by atomic mass is 15.2. The Labute approximate surface area is 153 Å². The fourth-order valence-corrected chi connectivity index (χ4v) is 3.28. The second-order valence-electron chi connectivity index (χ2n) is 6.57. The highest BCUT2D eigenvalue weighted by Gasteiger charge is 2.21. The predicted molar refractivity (Wildman–Crippen MR) is 103 cm³/mol. The Morgan fingerprint density at radius 3 is 2.54 bits per heavy atom. The van der Waals surface area contributed by atoms with Crippen LogP contribution in [0.5, 0.6) is 0 Å². The summed E-state index contributed by atoms with van der Waals surface area (Å²) in [5.41, 5.74) is 3.07. The molecule has 1 N–H and O–H groups in total. The molecule has 0 bridgehead atoms. The van der Waals surface area contributed by atoms with Crippen molar-refractivity contribution in [2.24, 2.45) is 0 Å². The van der Waals surface area contributed by atoms with E-state index >= 15 is 0 Å². The first-order valence-corrected chi connectivity index (χ1v) is 8.95. The number of aromatic nitrogens is 4. The van der Waals surface area contributed by atoms with E-state index in [0.29, 0.717) is 6.04 Å². The average molecular weight is 346 g/mol. The molecule has 1 saturated heterocycles. The zero-order valence-electron chi connectivity index (χ0n) is 14.8. The standard InChI is InChI=1S/C20H22N6/c1-15-13-19(25-20(23-15)16-4-9-21-10-5-16)26-11-6-17(7-12-26)24-18-3-2-8-22-14-18/h2-5,8-10,13-14,17,24H,6-7,11-12H2,1H3. The lowest BCUT2D eigenvalue weighted by molar-refractivity contribution is 0.523. The summed E-state index contributed by atoms with van der Waals surface area (Å²) in [4.78, 5) is 20.0. The van der Waals surface area contributed by atoms with E-state index in [1.54, 1.807) is 18.6 Å². The van der Waals surface area contributed by atoms with Gasteiger partial charge in [0.15, 0.2) is 5.82 Å². The number of piperidine rings is 1. The number of nitrogens with zero attached hydrogens (tertiary/aromatic N) is 5. The van der Waals surface area contributed by atoms with Gasteiger partial charge in [0.25, 0.3) is 0 Å². The van der Waals surface area contributed by atoms with Crippen molar-refractivity contribution in [3.05, 3.63) is 60.8 Å². The molecule has 1 aliphatic heterocycles. The first kappa shape index (κ1) is 16.4. The zero-order valence-corrected chi connectivity index (χ0v) is 14.8. The summed E-state index contributed by atoms with van der Waals surface area (Å²) in [5.74, 6) is 1.77. The number of anilines is 2. The third-order valence-electron chi connectivity index (χ3n) is 4.63. The fourth-order valence-electron chi connectivity index (χ4n) is 3.28. The lowest BCUT2D eigenvalue weighted by Crippen LogP contribution is -2.39. The van der Waals surface area contributed by atoms with Crippen molar-refractivity contribution in [2.75, 3.05) is 23.3 Å². The molecule has 4 rings (SSSR count). The van der Waals surface area contributed by atoms with Gasteiger partial charge in [-0.15, -0.1) is 0 Å². The Morgan fingerprint density at radius 2 is 1.81 bits per heavy atom. The van der Waals surface area contributed by atoms with Gasteiger partial charge in [-0.3, -0.25) is 9.97 Å². The average Bonchev–Trinajstić information content (AvgIpc) is 2.70. The summed E-state index contributed by atoms with van der Waals surface area (Å²) in [6.07, 6.45) is 9.37. The predicted octanol–water partition coefficient (Wildman–Crippen LogP) is 3.32. The second-order valence-corrected chi connectivity index (χ2v) is 6.57. The van der Waals surface area contributed by atoms with E-state index in [1.807, 2.05) is 31.3 Å². The molecule has 0 aromatic carbocycles. The number of rotatable bonds is 4. The maximum Gasteiger partial charge on any atom is 0.161 e. The Balaban J connectivity index is 1.45. The molecule has 0 aliphatic carbocycles. The van der Waals surface area contributed by atoms with E-state index in [1.165, 1.54) is 0 Å². The molecular formula is C20H22N6. The third-order valence-corrected chi connectivity index (χ3v) is 4.63. The van der Waals surface area contributed by atoms with Gasteiger partial charge in [-0.2, -0.15) is 0 Å². The van der Waals surface area contributed by atoms with E-state index in [4.69, 9.17) is 4.98 Å². The van der Waals surface area contributed by atoms with Crippen molar-refractivity contribution >= 4 is 11.5 Å². The topological polar surface area (TPSA) is 66.8 Å². The molecule has 0 atom stereocenters. The molecule has 0 spiro atoms. The van der Waals surface area contributed by atoms with Crippen LogP contribution in [-0.4, -0.2) is 39.1 Å². The van der Waals surface area contributed by atoms with Crippen molar-refractivity contribution in [3.8, 4) is 11.4 Å². The summed E-state index contributed by atoms with van der Waals surface area (Å²) in [6.45, 7) is 3.97. The Bertz CT molecular complexity index is 845. The minimum Gasteiger partial charge on any atom is -0.381 e. The molecule has 4 heterocycles. The molecule has 1 aliphatic rings. The first-order chi connectivity index (χ1) is 12.8. The van der Waals surface area contributed by atoms with Crippen molar-refractivity contribution in [1.82, 2.24) is 19.9 Å². The normalized spacial score (nSPS) is 15.0. The lowest BCUT2D eigenvalue weighted by atomic mass is 10.0. The van der Waals surface area contributed by atoms with Crippen LogP contribution in [0.2, 0.25) is 0 Å². The lowest BCUT2D eigenvalue weighted by Gasteiger charge is -2.33. The van der Waals surface area contributed by atoms with Gasteiger partial charge in [-0.25, -0.2) is 9.97 Å². The molecular weight excluding hydrogens is 324 g/mol. The number of hydrogen-bond acceptors (Lipinski definition) is 6. The molecule has 26 heavy (non-hydrogen) atoms. The van der Waals surface area contributed by atoms with Crippen LogP contribution in [0.15, 0.2) is 55.1 Å². The van der Waals surface area contributed by atoms with E-state index in [2.05, 4.69) is 37.3 Å². The van der Waals surface area contributed by atoms with Gasteiger partial charge in [0, 0.05) is 61.2 Å². The largest absolute Gasteiger partial charge is 0.381 e. The minimum absolute atomic E-state index is 0.470. The van der Waals surface area contributed by atoms with Crippen LogP contribution in [-0.2, 0) is 0 Å². The highest BCUT2D eigenvalue weighted by Crippen LogP contribution is 2.23. The van der Waals surface area contributed by atoms with Crippen LogP contribution in [0.1, 0.15) is 18.5 Å². The SMILES string of the molecule is Cc1cc(N2CCC(Nc3cccnc3)CC2)nc(-c2ccncc2)n1. The van der Waals surface area contributed by atoms with Crippen molar-refractivity contribution in [2.45, 2.75) is 25.8 Å². The van der Waals surface area contributed by atoms with E-state index < -0.39 is 0 Å². The first-order valence-electron chi connectivity index (χ1n) is 8.95. The molecule has 0 amide bonds. The molecule has 3 aromatic rings. The third kappa shape index (κ3) is 3.79. The number of aryl methyl sites for hydroxylation is 1. The van der Waals surface area contributed by atoms with Gasteiger partial charge in [0.2, 0.25) is 0 Å². The Kier molecular flexibility index (Phi) is 4.73. The van der Waals surface area contributed by atoms with Crippen LogP contribution >= 0.6 is 0 Å². The Morgan fingerprint density at radius 1 is 1.00 bits per heavy atom. The summed E-state index contributed by atoms with van der Waals surface area (Å²) < 4.78 is 0. The van der Waals surface area contributed by atoms with Crippen molar-refractivity contribution in [3.63, 3.8) is 0 Å². The molecule has 6 nitrogen and oxygen atoms in total. The number of hydrogen-bond donors (Lipinski definition) is 1. The molecule has 0 unspecified atom stereocenters. The van der Waals surface area contributed by atoms with Crippen LogP contribution < -0.4 is 10.2 Å². The summed E-state index contributed by atoms with van der Waals surface area (Å²) in [5, 5.41) is 3.57. The fraction of sp³-hybridized carbons (Fsp3) is 0.300. The molecule has 6 heteroatoms. The zero-order chi connectivity index (χ0) is 17.8. The van der Waals surface area contributed by atoms with Crippen molar-refractivity contribution < 1.29 is 0 Å². The van der Waals surface area contributed by atoms with Gasteiger partial charge in [-0.1, -0.05) is 0 Å². The maximum absolute atomic E-state index is 4.79. The number of pyridine rings is 2. The molecule has 0 radical (unpaired) electrons. The van der Waals surface area contributed by atoms with Gasteiger partial charge in [0.1, 0.15) is 5.82 Å². The van der Waals surface area contributed by atoms with Gasteiger partial charge >= 0.3 is 0 Å². The minimum atomic E-state index is 0.470. The molecule has 0 saturated carbocycles. The van der Waals surface area contributed by atoms with Gasteiger partial charge < -0.3 is 10.2 Å². The highest BCUT2D eigenvalue weighted by molar-refractivity contribution is 5.57. The van der Waals surface area contributed by atoms with Crippen molar-refractivity contribution in [1.29, 1.82) is 0 Å². The maximum atomic E-state index is 4.79. The molecule has 132 valence electrons. The monoisotopic (exact) mass is 346 g/mol. The van der Waals surface area contributed by atoms with Crippen LogP contribution in [0.3, 0.4) is 0 Å². The smallest absolute Gasteiger partial charge is 0.161 e. The second kappa shape index (κ2) is 7.47. The quantitative estimate of drug-likeness (QED) is 0.782. The Hall–Kier alpha value is -3.02. The van der Waals surface area contributed by atoms with Crippen LogP contribution in [0.4, 0.5) is 11.5 Å². The van der Waals surface area contributed by atoms with E-state index in [-0.39, 0.29) is 0 Å². The van der Waals surface area contributed by atoms with Crippen LogP contribution in [0.25, 0.3) is 11.4 Å². The summed E-state index contributed by atoms with van der Waals surface area (Å²) >= 11 is 0.